The lowest BCUT2D eigenvalue weighted by Crippen LogP contribution is -1.78. The Kier molecular flexibility index (Phi) is 2.33. The minimum atomic E-state index is 1.17. The molecule has 0 nitrogen and oxygen atoms in total. The summed E-state index contributed by atoms with van der Waals surface area (Å²) in [5, 5.41) is 0. The molecule has 1 rings (SSSR count). The van der Waals surface area contributed by atoms with E-state index in [9.17, 15) is 0 Å². The zero-order valence-corrected chi connectivity index (χ0v) is 7.86. The lowest BCUT2D eigenvalue weighted by atomic mass is 10.1. The van der Waals surface area contributed by atoms with Gasteiger partial charge in [-0.2, -0.15) is 0 Å². The van der Waals surface area contributed by atoms with Crippen molar-refractivity contribution in [2.45, 2.75) is 34.1 Å². The van der Waals surface area contributed by atoms with Crippen LogP contribution in [0.4, 0.5) is 0 Å². The molecule has 0 heterocycles. The van der Waals surface area contributed by atoms with Gasteiger partial charge in [-0.05, 0) is 45.3 Å². The molecule has 0 heteroatoms. The van der Waals surface area contributed by atoms with Crippen LogP contribution >= 0.6 is 0 Å². The number of allylic oxidation sites excluding steroid dienone is 6. The second-order valence-corrected chi connectivity index (χ2v) is 3.28. The minimum absolute atomic E-state index is 1.17. The second-order valence-electron chi connectivity index (χ2n) is 3.28. The molecule has 0 unspecified atom stereocenters. The zero-order chi connectivity index (χ0) is 8.43. The van der Waals surface area contributed by atoms with Gasteiger partial charge in [0.2, 0.25) is 0 Å². The average molecular weight is 148 g/mol. The fourth-order valence-corrected chi connectivity index (χ4v) is 1.61. The molecule has 0 aromatic carbocycles. The molecule has 0 aliphatic heterocycles. The van der Waals surface area contributed by atoms with E-state index in [4.69, 9.17) is 0 Å². The summed E-state index contributed by atoms with van der Waals surface area (Å²) in [5.74, 6) is 0. The Balaban J connectivity index is 2.99. The highest BCUT2D eigenvalue weighted by Gasteiger charge is 2.12. The van der Waals surface area contributed by atoms with Crippen LogP contribution < -0.4 is 0 Å². The summed E-state index contributed by atoms with van der Waals surface area (Å²) in [4.78, 5) is 0. The normalized spacial score (nSPS) is 19.3. The van der Waals surface area contributed by atoms with Crippen LogP contribution in [0, 0.1) is 0 Å². The van der Waals surface area contributed by atoms with Gasteiger partial charge in [0.25, 0.3) is 0 Å². The summed E-state index contributed by atoms with van der Waals surface area (Å²) in [5.41, 5.74) is 5.96. The predicted molar refractivity (Wildman–Crippen MR) is 50.5 cm³/mol. The van der Waals surface area contributed by atoms with Crippen LogP contribution in [0.3, 0.4) is 0 Å². The van der Waals surface area contributed by atoms with E-state index < -0.39 is 0 Å². The zero-order valence-electron chi connectivity index (χ0n) is 7.86. The van der Waals surface area contributed by atoms with Gasteiger partial charge in [0, 0.05) is 0 Å². The molecule has 0 radical (unpaired) electrons. The van der Waals surface area contributed by atoms with Gasteiger partial charge in [0.05, 0.1) is 0 Å². The van der Waals surface area contributed by atoms with Crippen molar-refractivity contribution in [2.24, 2.45) is 0 Å². The van der Waals surface area contributed by atoms with Crippen molar-refractivity contribution in [1.82, 2.24) is 0 Å². The second kappa shape index (κ2) is 3.08. The number of rotatable bonds is 1. The number of hydrogen-bond donors (Lipinski definition) is 0. The molecule has 0 saturated carbocycles. The Morgan fingerprint density at radius 3 is 2.09 bits per heavy atom. The van der Waals surface area contributed by atoms with Gasteiger partial charge in [-0.1, -0.05) is 23.3 Å². The van der Waals surface area contributed by atoms with Crippen molar-refractivity contribution in [3.05, 3.63) is 34.4 Å². The molecule has 1 aliphatic carbocycles. The van der Waals surface area contributed by atoms with Gasteiger partial charge in [-0.15, -0.1) is 0 Å². The van der Waals surface area contributed by atoms with Gasteiger partial charge in [-0.3, -0.25) is 0 Å². The van der Waals surface area contributed by atoms with Crippen molar-refractivity contribution in [3.63, 3.8) is 0 Å². The molecule has 0 saturated heterocycles. The topological polar surface area (TPSA) is 0 Å². The minimum Gasteiger partial charge on any atom is -0.0871 e. The third-order valence-corrected chi connectivity index (χ3v) is 2.37. The highest BCUT2D eigenvalue weighted by molar-refractivity contribution is 5.50. The molecule has 0 fully saturated rings. The van der Waals surface area contributed by atoms with Crippen LogP contribution in [0.1, 0.15) is 34.1 Å². The molecule has 0 amide bonds. The van der Waals surface area contributed by atoms with Crippen molar-refractivity contribution >= 4 is 0 Å². The van der Waals surface area contributed by atoms with Crippen molar-refractivity contribution < 1.29 is 0 Å². The smallest absolute Gasteiger partial charge is 0.00990 e. The quantitative estimate of drug-likeness (QED) is 0.532. The molecule has 0 N–H and O–H groups in total. The Hall–Kier alpha value is -0.780. The highest BCUT2D eigenvalue weighted by atomic mass is 14.2. The summed E-state index contributed by atoms with van der Waals surface area (Å²) >= 11 is 0. The number of hydrogen-bond acceptors (Lipinski definition) is 0. The molecule has 60 valence electrons. The Morgan fingerprint density at radius 1 is 1.09 bits per heavy atom. The lowest BCUT2D eigenvalue weighted by molar-refractivity contribution is 1.14. The first-order chi connectivity index (χ1) is 5.16. The summed E-state index contributed by atoms with van der Waals surface area (Å²) in [6, 6.07) is 0. The average Bonchev–Trinajstić information content (AvgIpc) is 2.17. The van der Waals surface area contributed by atoms with E-state index in [2.05, 4.69) is 39.8 Å². The summed E-state index contributed by atoms with van der Waals surface area (Å²) in [7, 11) is 0. The molecular formula is C11H16. The van der Waals surface area contributed by atoms with E-state index in [1.807, 2.05) is 0 Å². The van der Waals surface area contributed by atoms with Crippen molar-refractivity contribution in [1.29, 1.82) is 0 Å². The first kappa shape index (κ1) is 8.32. The van der Waals surface area contributed by atoms with E-state index in [1.54, 1.807) is 0 Å². The van der Waals surface area contributed by atoms with Crippen LogP contribution in [0.25, 0.3) is 0 Å². The van der Waals surface area contributed by atoms with E-state index in [1.165, 1.54) is 28.7 Å². The van der Waals surface area contributed by atoms with Gasteiger partial charge < -0.3 is 0 Å². The van der Waals surface area contributed by atoms with Crippen LogP contribution in [-0.4, -0.2) is 0 Å². The first-order valence-corrected chi connectivity index (χ1v) is 4.16. The molecule has 0 aromatic heterocycles. The van der Waals surface area contributed by atoms with Crippen molar-refractivity contribution in [2.75, 3.05) is 0 Å². The van der Waals surface area contributed by atoms with E-state index in [0.29, 0.717) is 0 Å². The lowest BCUT2D eigenvalue weighted by Gasteiger charge is -1.97. The fourth-order valence-electron chi connectivity index (χ4n) is 1.61. The van der Waals surface area contributed by atoms with Crippen LogP contribution in [0.2, 0.25) is 0 Å². The maximum Gasteiger partial charge on any atom is -0.00990 e. The monoisotopic (exact) mass is 148 g/mol. The van der Waals surface area contributed by atoms with Gasteiger partial charge in [-0.25, -0.2) is 0 Å². The molecule has 1 aliphatic rings. The third kappa shape index (κ3) is 1.45. The third-order valence-electron chi connectivity index (χ3n) is 2.37. The van der Waals surface area contributed by atoms with Crippen molar-refractivity contribution in [3.8, 4) is 0 Å². The maximum atomic E-state index is 2.22. The van der Waals surface area contributed by atoms with Crippen LogP contribution in [-0.2, 0) is 0 Å². The predicted octanol–water partition coefficient (Wildman–Crippen LogP) is 3.62. The van der Waals surface area contributed by atoms with E-state index in [-0.39, 0.29) is 0 Å². The SMILES string of the molecule is C/C=C\C1=C(C)CC(C)=C1C. The summed E-state index contributed by atoms with van der Waals surface area (Å²) < 4.78 is 0. The van der Waals surface area contributed by atoms with Gasteiger partial charge in [0.15, 0.2) is 0 Å². The molecule has 0 bridgehead atoms. The highest BCUT2D eigenvalue weighted by Crippen LogP contribution is 2.31. The Labute approximate surface area is 69.3 Å². The summed E-state index contributed by atoms with van der Waals surface area (Å²) in [6.07, 6.45) is 5.49. The molecule has 0 atom stereocenters. The van der Waals surface area contributed by atoms with E-state index >= 15 is 0 Å². The van der Waals surface area contributed by atoms with Gasteiger partial charge >= 0.3 is 0 Å². The van der Waals surface area contributed by atoms with Crippen LogP contribution in [0.5, 0.6) is 0 Å². The van der Waals surface area contributed by atoms with Gasteiger partial charge in [0.1, 0.15) is 0 Å². The van der Waals surface area contributed by atoms with E-state index in [0.717, 1.165) is 0 Å². The molecule has 0 spiro atoms. The molecule has 11 heavy (non-hydrogen) atoms. The Bertz CT molecular complexity index is 249. The Morgan fingerprint density at radius 2 is 1.73 bits per heavy atom. The fraction of sp³-hybridized carbons (Fsp3) is 0.455. The summed E-state index contributed by atoms with van der Waals surface area (Å²) in [6.45, 7) is 8.72. The maximum absolute atomic E-state index is 2.22. The van der Waals surface area contributed by atoms with Crippen LogP contribution in [0.15, 0.2) is 34.4 Å². The largest absolute Gasteiger partial charge is 0.0871 e. The standard InChI is InChI=1S/C11H16/c1-5-6-11-9(3)7-8(2)10(11)4/h5-6H,7H2,1-4H3/b6-5-. The molecular weight excluding hydrogens is 132 g/mol. The first-order valence-electron chi connectivity index (χ1n) is 4.16. The molecule has 0 aromatic rings.